The molecule has 1 atom stereocenters. The number of nitrogen functional groups attached to an aromatic ring is 1. The van der Waals surface area contributed by atoms with E-state index in [1.54, 1.807) is 24.3 Å². The van der Waals surface area contributed by atoms with Gasteiger partial charge in [0.1, 0.15) is 17.6 Å². The number of benzene rings is 2. The number of aromatic nitrogens is 5. The van der Waals surface area contributed by atoms with Gasteiger partial charge in [0, 0.05) is 31.1 Å². The third kappa shape index (κ3) is 4.90. The predicted octanol–water partition coefficient (Wildman–Crippen LogP) is 1.35. The van der Waals surface area contributed by atoms with E-state index < -0.39 is 17.7 Å². The van der Waals surface area contributed by atoms with Crippen molar-refractivity contribution in [2.24, 2.45) is 5.73 Å². The maximum atomic E-state index is 12.8. The molecule has 2 aromatic carbocycles. The van der Waals surface area contributed by atoms with Crippen LogP contribution in [0.2, 0.25) is 0 Å². The molecule has 5 rings (SSSR count). The van der Waals surface area contributed by atoms with Crippen LogP contribution in [0.1, 0.15) is 40.3 Å². The second-order valence-corrected chi connectivity index (χ2v) is 8.38. The number of nitrogens with zero attached hydrogens (tertiary/aromatic N) is 4. The van der Waals surface area contributed by atoms with Crippen molar-refractivity contribution in [1.29, 1.82) is 5.41 Å². The average Bonchev–Trinajstić information content (AvgIpc) is 3.49. The van der Waals surface area contributed by atoms with E-state index in [0.29, 0.717) is 28.3 Å². The molecule has 2 aromatic heterocycles. The molecule has 0 saturated carbocycles. The van der Waals surface area contributed by atoms with Gasteiger partial charge in [0.05, 0.1) is 18.2 Å². The van der Waals surface area contributed by atoms with Crippen LogP contribution in [0.15, 0.2) is 53.6 Å². The fourth-order valence-electron chi connectivity index (χ4n) is 4.07. The number of ketones is 1. The molecule has 3 heterocycles. The second-order valence-electron chi connectivity index (χ2n) is 8.38. The number of nitrogens with one attached hydrogen (secondary N) is 3. The number of hydrogen-bond acceptors (Lipinski definition) is 11. The molecule has 5 N–H and O–H groups in total. The maximum absolute atomic E-state index is 12.8. The summed E-state index contributed by atoms with van der Waals surface area (Å²) in [5, 5.41) is 15.4. The predicted molar refractivity (Wildman–Crippen MR) is 137 cm³/mol. The molecule has 39 heavy (non-hydrogen) atoms. The van der Waals surface area contributed by atoms with Crippen molar-refractivity contribution >= 4 is 23.3 Å². The Morgan fingerprint density at radius 2 is 1.97 bits per heavy atom. The lowest BCUT2D eigenvalue weighted by Crippen LogP contribution is -2.18. The smallest absolute Gasteiger partial charge is 0.350 e. The summed E-state index contributed by atoms with van der Waals surface area (Å²) >= 11 is 0. The molecule has 4 aromatic rings. The first-order chi connectivity index (χ1) is 18.7. The third-order valence-corrected chi connectivity index (χ3v) is 5.77. The topological polar surface area (TPSA) is 200 Å². The largest absolute Gasteiger partial charge is 0.493 e. The Kier molecular flexibility index (Phi) is 6.50. The number of fused-ring (bicyclic) bond motifs is 1. The molecule has 198 valence electrons. The van der Waals surface area contributed by atoms with Crippen LogP contribution in [-0.4, -0.2) is 56.0 Å². The first-order valence-corrected chi connectivity index (χ1v) is 11.5. The number of aromatic amines is 1. The molecule has 14 heteroatoms. The van der Waals surface area contributed by atoms with Crippen molar-refractivity contribution < 1.29 is 23.8 Å². The number of H-pyrrole nitrogens is 1. The van der Waals surface area contributed by atoms with Crippen molar-refractivity contribution in [2.75, 3.05) is 19.0 Å². The molecule has 0 radical (unpaired) electrons. The third-order valence-electron chi connectivity index (χ3n) is 5.77. The van der Waals surface area contributed by atoms with Crippen molar-refractivity contribution in [2.45, 2.75) is 13.0 Å². The van der Waals surface area contributed by atoms with Crippen molar-refractivity contribution in [3.8, 4) is 23.2 Å². The quantitative estimate of drug-likeness (QED) is 0.111. The molecule has 1 unspecified atom stereocenters. The van der Waals surface area contributed by atoms with E-state index in [4.69, 9.17) is 25.4 Å². The highest BCUT2D eigenvalue weighted by Crippen LogP contribution is 2.40. The van der Waals surface area contributed by atoms with Crippen LogP contribution in [0.4, 0.5) is 5.69 Å². The average molecular weight is 531 g/mol. The number of amidine groups is 1. The Balaban J connectivity index is 1.64. The van der Waals surface area contributed by atoms with Gasteiger partial charge in [0.2, 0.25) is 5.78 Å². The van der Waals surface area contributed by atoms with Crippen LogP contribution in [0, 0.1) is 5.41 Å². The summed E-state index contributed by atoms with van der Waals surface area (Å²) in [6, 6.07) is 8.64. The van der Waals surface area contributed by atoms with Gasteiger partial charge in [0.25, 0.3) is 5.95 Å². The van der Waals surface area contributed by atoms with E-state index in [-0.39, 0.29) is 41.3 Å². The standard InChI is InChI=1S/C25H22N8O6/c1-12(34)39-18-10-14(4-5-15(18)22(26)27)30-20(13-8-16-17(35)11-38-21(16)19(9-13)37-2)23-31-25(36)33(32-23)24-28-6-3-7-29-24/h3-10,20,30H,11H2,1-2H3,(H3,26,27)(H,31,32,36). The Bertz CT molecular complexity index is 1660. The minimum Gasteiger partial charge on any atom is -0.493 e. The molecule has 14 nitrogen and oxygen atoms in total. The summed E-state index contributed by atoms with van der Waals surface area (Å²) in [5.41, 5.74) is 6.51. The van der Waals surface area contributed by atoms with Crippen LogP contribution in [0.3, 0.4) is 0 Å². The fourth-order valence-corrected chi connectivity index (χ4v) is 4.07. The Hall–Kier alpha value is -5.53. The fraction of sp³-hybridized carbons (Fsp3) is 0.160. The van der Waals surface area contributed by atoms with E-state index in [1.807, 2.05) is 0 Å². The molecule has 1 aliphatic rings. The van der Waals surface area contributed by atoms with Crippen LogP contribution in [0.25, 0.3) is 5.95 Å². The van der Waals surface area contributed by atoms with E-state index in [9.17, 15) is 14.4 Å². The minimum atomic E-state index is -0.858. The number of esters is 1. The van der Waals surface area contributed by atoms with Gasteiger partial charge < -0.3 is 25.3 Å². The number of Topliss-reactive ketones (excluding diaryl/α,β-unsaturated/α-hetero) is 1. The summed E-state index contributed by atoms with van der Waals surface area (Å²) in [6.45, 7) is 1.11. The molecule has 0 saturated heterocycles. The summed E-state index contributed by atoms with van der Waals surface area (Å²) in [6.07, 6.45) is 2.95. The van der Waals surface area contributed by atoms with Gasteiger partial charge in [-0.25, -0.2) is 14.8 Å². The summed E-state index contributed by atoms with van der Waals surface area (Å²) in [5.74, 6) is -0.201. The van der Waals surface area contributed by atoms with Crippen LogP contribution < -0.4 is 31.0 Å². The lowest BCUT2D eigenvalue weighted by atomic mass is 10.00. The molecular formula is C25H22N8O6. The van der Waals surface area contributed by atoms with Crippen LogP contribution in [0.5, 0.6) is 17.2 Å². The summed E-state index contributed by atoms with van der Waals surface area (Å²) in [7, 11) is 1.45. The van der Waals surface area contributed by atoms with Crippen molar-refractivity contribution in [3.05, 3.63) is 81.8 Å². The normalized spacial score (nSPS) is 12.8. The maximum Gasteiger partial charge on any atom is 0.350 e. The van der Waals surface area contributed by atoms with E-state index in [0.717, 1.165) is 4.68 Å². The van der Waals surface area contributed by atoms with Crippen LogP contribution in [-0.2, 0) is 4.79 Å². The van der Waals surface area contributed by atoms with Gasteiger partial charge >= 0.3 is 11.7 Å². The number of hydrogen-bond donors (Lipinski definition) is 4. The highest BCUT2D eigenvalue weighted by atomic mass is 16.5. The van der Waals surface area contributed by atoms with Crippen LogP contribution >= 0.6 is 0 Å². The lowest BCUT2D eigenvalue weighted by Gasteiger charge is -2.20. The highest BCUT2D eigenvalue weighted by Gasteiger charge is 2.30. The SMILES string of the molecule is COc1cc(C(Nc2ccc(C(=N)N)c(OC(C)=O)c2)c2nn(-c3ncccn3)c(=O)[nH]2)cc2c1OCC2=O. The number of carbonyl (C=O) groups excluding carboxylic acids is 2. The molecule has 0 fully saturated rings. The first kappa shape index (κ1) is 25.1. The molecule has 0 spiro atoms. The van der Waals surface area contributed by atoms with Crippen molar-refractivity contribution in [1.82, 2.24) is 24.7 Å². The van der Waals surface area contributed by atoms with Gasteiger partial charge in [-0.1, -0.05) is 0 Å². The first-order valence-electron chi connectivity index (χ1n) is 11.5. The zero-order valence-corrected chi connectivity index (χ0v) is 20.7. The van der Waals surface area contributed by atoms with Gasteiger partial charge in [-0.05, 0) is 35.9 Å². The van der Waals surface area contributed by atoms with Gasteiger partial charge in [-0.3, -0.25) is 20.0 Å². The molecular weight excluding hydrogens is 508 g/mol. The Labute approximate surface area is 220 Å². The number of methoxy groups -OCH3 is 1. The van der Waals surface area contributed by atoms with Gasteiger partial charge in [0.15, 0.2) is 23.9 Å². The van der Waals surface area contributed by atoms with Gasteiger partial charge in [-0.15, -0.1) is 9.78 Å². The summed E-state index contributed by atoms with van der Waals surface area (Å²) < 4.78 is 17.2. The minimum absolute atomic E-state index is 0.0572. The highest BCUT2D eigenvalue weighted by molar-refractivity contribution is 6.03. The number of carbonyl (C=O) groups is 2. The molecule has 0 aliphatic carbocycles. The zero-order chi connectivity index (χ0) is 27.7. The summed E-state index contributed by atoms with van der Waals surface area (Å²) in [4.78, 5) is 47.9. The number of nitrogens with two attached hydrogens (primary N) is 1. The number of anilines is 1. The molecule has 1 aliphatic heterocycles. The van der Waals surface area contributed by atoms with E-state index in [1.165, 1.54) is 38.6 Å². The van der Waals surface area contributed by atoms with Crippen molar-refractivity contribution in [3.63, 3.8) is 0 Å². The van der Waals surface area contributed by atoms with E-state index in [2.05, 4.69) is 25.4 Å². The Morgan fingerprint density at radius 3 is 2.67 bits per heavy atom. The second kappa shape index (κ2) is 10.1. The number of rotatable bonds is 8. The lowest BCUT2D eigenvalue weighted by molar-refractivity contribution is -0.131. The van der Waals surface area contributed by atoms with E-state index >= 15 is 0 Å². The Morgan fingerprint density at radius 1 is 1.21 bits per heavy atom. The van der Waals surface area contributed by atoms with Gasteiger partial charge in [-0.2, -0.15) is 0 Å². The molecule has 0 amide bonds. The number of ether oxygens (including phenoxy) is 3. The molecule has 0 bridgehead atoms. The zero-order valence-electron chi connectivity index (χ0n) is 20.7. The monoisotopic (exact) mass is 530 g/mol.